The van der Waals surface area contributed by atoms with Gasteiger partial charge in [0.15, 0.2) is 11.5 Å². The van der Waals surface area contributed by atoms with Crippen molar-refractivity contribution in [1.29, 1.82) is 0 Å². The van der Waals surface area contributed by atoms with Gasteiger partial charge in [-0.2, -0.15) is 5.10 Å². The fraction of sp³-hybridized carbons (Fsp3) is 0.200. The maximum atomic E-state index is 10.7. The van der Waals surface area contributed by atoms with Crippen LogP contribution in [0, 0.1) is 0 Å². The summed E-state index contributed by atoms with van der Waals surface area (Å²) in [6, 6.07) is 12.3. The Hall–Kier alpha value is -3.48. The minimum absolute atomic E-state index is 0.325. The Kier molecular flexibility index (Phi) is 7.71. The van der Waals surface area contributed by atoms with Crippen LogP contribution in [0.1, 0.15) is 11.1 Å². The van der Waals surface area contributed by atoms with Crippen LogP contribution in [-0.4, -0.2) is 32.6 Å². The Bertz CT molecular complexity index is 806. The Labute approximate surface area is 158 Å². The highest BCUT2D eigenvalue weighted by Crippen LogP contribution is 2.28. The number of ether oxygens (including phenoxy) is 3. The standard InChI is InChI=1S/C20H23N3O4/c1-3-6-15-9-10-18(19(13-15)25-2)27-12-11-26-17-8-5-4-7-16(17)14-22-23-20(21)24/h3-5,7-10,13-14H,1,6,11-12H2,2H3,(H3,21,23,24)/b22-14-. The highest BCUT2D eigenvalue weighted by Gasteiger charge is 2.06. The number of rotatable bonds is 10. The van der Waals surface area contributed by atoms with E-state index in [9.17, 15) is 4.79 Å². The molecule has 0 fully saturated rings. The third kappa shape index (κ3) is 6.39. The fourth-order valence-electron chi connectivity index (χ4n) is 2.31. The topological polar surface area (TPSA) is 95.2 Å². The van der Waals surface area contributed by atoms with Crippen LogP contribution in [0.4, 0.5) is 4.79 Å². The molecule has 0 bridgehead atoms. The molecule has 2 rings (SSSR count). The first-order valence-corrected chi connectivity index (χ1v) is 8.35. The van der Waals surface area contributed by atoms with Gasteiger partial charge >= 0.3 is 6.03 Å². The molecular formula is C20H23N3O4. The van der Waals surface area contributed by atoms with E-state index < -0.39 is 6.03 Å². The molecule has 3 N–H and O–H groups in total. The molecule has 7 heteroatoms. The van der Waals surface area contributed by atoms with E-state index in [2.05, 4.69) is 17.1 Å². The molecular weight excluding hydrogens is 346 g/mol. The zero-order valence-electron chi connectivity index (χ0n) is 15.2. The summed E-state index contributed by atoms with van der Waals surface area (Å²) >= 11 is 0. The van der Waals surface area contributed by atoms with E-state index in [0.717, 1.165) is 12.0 Å². The van der Waals surface area contributed by atoms with Gasteiger partial charge in [-0.05, 0) is 36.2 Å². The van der Waals surface area contributed by atoms with E-state index in [1.807, 2.05) is 42.5 Å². The lowest BCUT2D eigenvalue weighted by molar-refractivity contribution is 0.211. The van der Waals surface area contributed by atoms with Crippen molar-refractivity contribution >= 4 is 12.2 Å². The van der Waals surface area contributed by atoms with E-state index in [1.54, 1.807) is 13.2 Å². The second kappa shape index (κ2) is 10.5. The summed E-state index contributed by atoms with van der Waals surface area (Å²) in [6.45, 7) is 4.39. The molecule has 0 aromatic heterocycles. The molecule has 27 heavy (non-hydrogen) atoms. The third-order valence-corrected chi connectivity index (χ3v) is 3.50. The third-order valence-electron chi connectivity index (χ3n) is 3.50. The van der Waals surface area contributed by atoms with Gasteiger partial charge < -0.3 is 19.9 Å². The van der Waals surface area contributed by atoms with Gasteiger partial charge in [-0.3, -0.25) is 0 Å². The predicted octanol–water partition coefficient (Wildman–Crippen LogP) is 2.88. The number of benzene rings is 2. The molecule has 0 unspecified atom stereocenters. The van der Waals surface area contributed by atoms with Gasteiger partial charge in [0.05, 0.1) is 13.3 Å². The highest BCUT2D eigenvalue weighted by molar-refractivity contribution is 5.84. The van der Waals surface area contributed by atoms with Crippen LogP contribution in [0.3, 0.4) is 0 Å². The molecule has 0 aliphatic carbocycles. The second-order valence-corrected chi connectivity index (χ2v) is 5.45. The molecule has 0 saturated heterocycles. The average molecular weight is 369 g/mol. The van der Waals surface area contributed by atoms with Gasteiger partial charge in [0.25, 0.3) is 0 Å². The van der Waals surface area contributed by atoms with E-state index in [-0.39, 0.29) is 0 Å². The summed E-state index contributed by atoms with van der Waals surface area (Å²) in [7, 11) is 1.60. The lowest BCUT2D eigenvalue weighted by atomic mass is 10.1. The summed E-state index contributed by atoms with van der Waals surface area (Å²) in [5.74, 6) is 1.93. The number of hydrogen-bond donors (Lipinski definition) is 2. The highest BCUT2D eigenvalue weighted by atomic mass is 16.5. The number of para-hydroxylation sites is 1. The van der Waals surface area contributed by atoms with Gasteiger partial charge in [0, 0.05) is 5.56 Å². The van der Waals surface area contributed by atoms with Crippen LogP contribution in [0.2, 0.25) is 0 Å². The van der Waals surface area contributed by atoms with Crippen molar-refractivity contribution in [1.82, 2.24) is 5.43 Å². The molecule has 7 nitrogen and oxygen atoms in total. The number of nitrogens with one attached hydrogen (secondary N) is 1. The summed E-state index contributed by atoms with van der Waals surface area (Å²) in [5.41, 5.74) is 8.92. The van der Waals surface area contributed by atoms with Crippen LogP contribution in [0.25, 0.3) is 0 Å². The minimum atomic E-state index is -0.730. The number of allylic oxidation sites excluding steroid dienone is 1. The van der Waals surface area contributed by atoms with Crippen molar-refractivity contribution in [3.63, 3.8) is 0 Å². The number of carbonyl (C=O) groups excluding carboxylic acids is 1. The molecule has 0 spiro atoms. The summed E-state index contributed by atoms with van der Waals surface area (Å²) in [5, 5.41) is 3.74. The summed E-state index contributed by atoms with van der Waals surface area (Å²) in [4.78, 5) is 10.7. The average Bonchev–Trinajstić information content (AvgIpc) is 2.67. The van der Waals surface area contributed by atoms with Crippen molar-refractivity contribution in [2.75, 3.05) is 20.3 Å². The number of urea groups is 1. The van der Waals surface area contributed by atoms with E-state index in [4.69, 9.17) is 19.9 Å². The lowest BCUT2D eigenvalue weighted by Gasteiger charge is -2.13. The first kappa shape index (κ1) is 19.8. The van der Waals surface area contributed by atoms with Crippen LogP contribution < -0.4 is 25.4 Å². The second-order valence-electron chi connectivity index (χ2n) is 5.45. The molecule has 0 atom stereocenters. The van der Waals surface area contributed by atoms with Crippen molar-refractivity contribution in [3.05, 3.63) is 66.2 Å². The van der Waals surface area contributed by atoms with Gasteiger partial charge in [-0.15, -0.1) is 6.58 Å². The van der Waals surface area contributed by atoms with E-state index in [0.29, 0.717) is 36.0 Å². The van der Waals surface area contributed by atoms with Gasteiger partial charge in [-0.25, -0.2) is 10.2 Å². The number of hydrogen-bond acceptors (Lipinski definition) is 5. The minimum Gasteiger partial charge on any atom is -0.493 e. The Morgan fingerprint density at radius 2 is 1.89 bits per heavy atom. The van der Waals surface area contributed by atoms with Crippen LogP contribution >= 0.6 is 0 Å². The Balaban J connectivity index is 1.91. The molecule has 0 heterocycles. The first-order chi connectivity index (χ1) is 13.1. The number of amides is 2. The quantitative estimate of drug-likeness (QED) is 0.291. The van der Waals surface area contributed by atoms with Crippen LogP contribution in [-0.2, 0) is 6.42 Å². The number of hydrazone groups is 1. The molecule has 2 aromatic rings. The smallest absolute Gasteiger partial charge is 0.332 e. The van der Waals surface area contributed by atoms with E-state index >= 15 is 0 Å². The van der Waals surface area contributed by atoms with Crippen LogP contribution in [0.15, 0.2) is 60.2 Å². The molecule has 0 aliphatic rings. The number of carbonyl (C=O) groups is 1. The van der Waals surface area contributed by atoms with Crippen molar-refractivity contribution in [3.8, 4) is 17.2 Å². The zero-order chi connectivity index (χ0) is 19.5. The lowest BCUT2D eigenvalue weighted by Crippen LogP contribution is -2.24. The predicted molar refractivity (Wildman–Crippen MR) is 105 cm³/mol. The van der Waals surface area contributed by atoms with Crippen molar-refractivity contribution in [2.24, 2.45) is 10.8 Å². The molecule has 0 radical (unpaired) electrons. The largest absolute Gasteiger partial charge is 0.493 e. The molecule has 0 aliphatic heterocycles. The Morgan fingerprint density at radius 1 is 1.15 bits per heavy atom. The summed E-state index contributed by atoms with van der Waals surface area (Å²) in [6.07, 6.45) is 4.06. The first-order valence-electron chi connectivity index (χ1n) is 8.35. The normalized spacial score (nSPS) is 10.4. The number of nitrogens with two attached hydrogens (primary N) is 1. The van der Waals surface area contributed by atoms with Gasteiger partial charge in [0.1, 0.15) is 19.0 Å². The summed E-state index contributed by atoms with van der Waals surface area (Å²) < 4.78 is 16.9. The molecule has 2 aromatic carbocycles. The monoisotopic (exact) mass is 369 g/mol. The number of nitrogens with zero attached hydrogens (tertiary/aromatic N) is 1. The SMILES string of the molecule is C=CCc1ccc(OCCOc2ccccc2/C=N\NC(N)=O)c(OC)c1. The fourth-order valence-corrected chi connectivity index (χ4v) is 2.31. The van der Waals surface area contributed by atoms with Crippen LogP contribution in [0.5, 0.6) is 17.2 Å². The van der Waals surface area contributed by atoms with Crippen molar-refractivity contribution in [2.45, 2.75) is 6.42 Å². The molecule has 0 saturated carbocycles. The van der Waals surface area contributed by atoms with Crippen molar-refractivity contribution < 1.29 is 19.0 Å². The zero-order valence-corrected chi connectivity index (χ0v) is 15.2. The Morgan fingerprint density at radius 3 is 2.59 bits per heavy atom. The molecule has 2 amide bonds. The maximum Gasteiger partial charge on any atom is 0.332 e. The maximum absolute atomic E-state index is 10.7. The number of primary amides is 1. The number of methoxy groups -OCH3 is 1. The van der Waals surface area contributed by atoms with Gasteiger partial charge in [-0.1, -0.05) is 24.3 Å². The van der Waals surface area contributed by atoms with E-state index in [1.165, 1.54) is 6.21 Å². The van der Waals surface area contributed by atoms with Gasteiger partial charge in [0.2, 0.25) is 0 Å². The molecule has 142 valence electrons.